The van der Waals surface area contributed by atoms with Crippen LogP contribution in [0.1, 0.15) is 23.4 Å². The highest BCUT2D eigenvalue weighted by Crippen LogP contribution is 2.22. The molecule has 0 spiro atoms. The SMILES string of the molecule is Cc1nc(N2CCCc3[nH]ncc3C2)ncc1[N+](=O)[O-]. The molecule has 1 aliphatic heterocycles. The summed E-state index contributed by atoms with van der Waals surface area (Å²) in [5.74, 6) is 0.530. The second-order valence-electron chi connectivity index (χ2n) is 4.80. The van der Waals surface area contributed by atoms with Gasteiger partial charge in [0, 0.05) is 24.3 Å². The predicted molar refractivity (Wildman–Crippen MR) is 71.4 cm³/mol. The molecule has 3 rings (SSSR count). The summed E-state index contributed by atoms with van der Waals surface area (Å²) in [5, 5.41) is 17.8. The van der Waals surface area contributed by atoms with E-state index >= 15 is 0 Å². The first kappa shape index (κ1) is 12.5. The summed E-state index contributed by atoms with van der Waals surface area (Å²) in [5.41, 5.74) is 2.61. The van der Waals surface area contributed by atoms with E-state index in [2.05, 4.69) is 20.2 Å². The molecule has 2 aromatic rings. The number of aryl methyl sites for hydroxylation is 2. The maximum Gasteiger partial charge on any atom is 0.308 e. The van der Waals surface area contributed by atoms with Crippen LogP contribution < -0.4 is 4.90 Å². The Morgan fingerprint density at radius 2 is 2.30 bits per heavy atom. The monoisotopic (exact) mass is 274 g/mol. The van der Waals surface area contributed by atoms with Crippen molar-refractivity contribution in [2.75, 3.05) is 11.4 Å². The van der Waals surface area contributed by atoms with E-state index in [-0.39, 0.29) is 5.69 Å². The van der Waals surface area contributed by atoms with Gasteiger partial charge >= 0.3 is 5.69 Å². The molecule has 8 nitrogen and oxygen atoms in total. The van der Waals surface area contributed by atoms with Gasteiger partial charge in [0.05, 0.1) is 11.1 Å². The standard InChI is InChI=1S/C12H14N6O2/c1-8-11(18(19)20)6-13-12(15-8)17-4-2-3-10-9(7-17)5-14-16-10/h5-6H,2-4,7H2,1H3,(H,14,16). The number of fused-ring (bicyclic) bond motifs is 1. The second kappa shape index (κ2) is 4.87. The first-order chi connectivity index (χ1) is 9.65. The molecule has 2 aromatic heterocycles. The molecule has 0 aliphatic carbocycles. The smallest absolute Gasteiger partial charge is 0.308 e. The van der Waals surface area contributed by atoms with Crippen LogP contribution >= 0.6 is 0 Å². The molecule has 104 valence electrons. The Labute approximate surface area is 115 Å². The number of aromatic amines is 1. The van der Waals surface area contributed by atoms with Gasteiger partial charge in [-0.2, -0.15) is 5.10 Å². The van der Waals surface area contributed by atoms with Gasteiger partial charge in [0.2, 0.25) is 5.95 Å². The number of nitrogens with one attached hydrogen (secondary N) is 1. The average Bonchev–Trinajstić information content (AvgIpc) is 2.75. The van der Waals surface area contributed by atoms with Crippen molar-refractivity contribution in [3.63, 3.8) is 0 Å². The summed E-state index contributed by atoms with van der Waals surface area (Å²) in [4.78, 5) is 20.7. The molecule has 0 fully saturated rings. The average molecular weight is 274 g/mol. The molecule has 20 heavy (non-hydrogen) atoms. The van der Waals surface area contributed by atoms with Gasteiger partial charge in [-0.1, -0.05) is 0 Å². The minimum absolute atomic E-state index is 0.0485. The molecule has 1 N–H and O–H groups in total. The first-order valence-corrected chi connectivity index (χ1v) is 6.39. The Bertz CT molecular complexity index is 653. The summed E-state index contributed by atoms with van der Waals surface area (Å²) in [6, 6.07) is 0. The third kappa shape index (κ3) is 2.20. The van der Waals surface area contributed by atoms with E-state index in [1.165, 1.54) is 6.20 Å². The van der Waals surface area contributed by atoms with Gasteiger partial charge in [0.1, 0.15) is 11.9 Å². The van der Waals surface area contributed by atoms with Crippen LogP contribution in [0.4, 0.5) is 11.6 Å². The van der Waals surface area contributed by atoms with E-state index < -0.39 is 4.92 Å². The minimum Gasteiger partial charge on any atom is -0.336 e. The Balaban J connectivity index is 1.90. The maximum atomic E-state index is 10.8. The lowest BCUT2D eigenvalue weighted by molar-refractivity contribution is -0.386. The fourth-order valence-corrected chi connectivity index (χ4v) is 2.37. The number of hydrogen-bond donors (Lipinski definition) is 1. The highest BCUT2D eigenvalue weighted by molar-refractivity contribution is 5.40. The third-order valence-corrected chi connectivity index (χ3v) is 3.44. The van der Waals surface area contributed by atoms with Crippen LogP contribution in [0.5, 0.6) is 0 Å². The summed E-state index contributed by atoms with van der Waals surface area (Å²) < 4.78 is 0. The number of H-pyrrole nitrogens is 1. The molecule has 0 unspecified atom stereocenters. The molecular weight excluding hydrogens is 260 g/mol. The van der Waals surface area contributed by atoms with Gasteiger partial charge in [-0.15, -0.1) is 0 Å². The maximum absolute atomic E-state index is 10.8. The number of nitro groups is 1. The van der Waals surface area contributed by atoms with Gasteiger partial charge in [0.25, 0.3) is 0 Å². The number of anilines is 1. The predicted octanol–water partition coefficient (Wildman–Crippen LogP) is 1.37. The lowest BCUT2D eigenvalue weighted by atomic mass is 10.2. The molecule has 0 radical (unpaired) electrons. The second-order valence-corrected chi connectivity index (χ2v) is 4.80. The van der Waals surface area contributed by atoms with E-state index in [9.17, 15) is 10.1 Å². The molecule has 0 saturated heterocycles. The van der Waals surface area contributed by atoms with Crippen molar-refractivity contribution < 1.29 is 4.92 Å². The van der Waals surface area contributed by atoms with Crippen molar-refractivity contribution in [2.24, 2.45) is 0 Å². The molecule has 1 aliphatic rings. The molecule has 0 bridgehead atoms. The van der Waals surface area contributed by atoms with Crippen molar-refractivity contribution in [1.82, 2.24) is 20.2 Å². The molecular formula is C12H14N6O2. The summed E-state index contributed by atoms with van der Waals surface area (Å²) >= 11 is 0. The highest BCUT2D eigenvalue weighted by Gasteiger charge is 2.20. The topological polar surface area (TPSA) is 101 Å². The lowest BCUT2D eigenvalue weighted by Crippen LogP contribution is -2.25. The van der Waals surface area contributed by atoms with Crippen LogP contribution in [0, 0.1) is 17.0 Å². The Morgan fingerprint density at radius 3 is 3.05 bits per heavy atom. The van der Waals surface area contributed by atoms with Gasteiger partial charge in [-0.05, 0) is 19.8 Å². The number of aromatic nitrogens is 4. The molecule has 3 heterocycles. The normalized spacial score (nSPS) is 14.8. The summed E-state index contributed by atoms with van der Waals surface area (Å²) in [7, 11) is 0. The molecule has 0 aromatic carbocycles. The van der Waals surface area contributed by atoms with E-state index in [1.807, 2.05) is 11.1 Å². The van der Waals surface area contributed by atoms with Crippen LogP contribution in [0.2, 0.25) is 0 Å². The zero-order valence-electron chi connectivity index (χ0n) is 11.0. The Kier molecular flexibility index (Phi) is 3.05. The van der Waals surface area contributed by atoms with Crippen LogP contribution in [0.25, 0.3) is 0 Å². The van der Waals surface area contributed by atoms with Crippen LogP contribution in [-0.2, 0) is 13.0 Å². The minimum atomic E-state index is -0.463. The van der Waals surface area contributed by atoms with Crippen molar-refractivity contribution >= 4 is 11.6 Å². The molecule has 8 heteroatoms. The fourth-order valence-electron chi connectivity index (χ4n) is 2.37. The molecule has 0 amide bonds. The van der Waals surface area contributed by atoms with Crippen molar-refractivity contribution in [3.05, 3.63) is 39.5 Å². The van der Waals surface area contributed by atoms with Gasteiger partial charge in [-0.25, -0.2) is 9.97 Å². The van der Waals surface area contributed by atoms with Gasteiger partial charge in [0.15, 0.2) is 0 Å². The highest BCUT2D eigenvalue weighted by atomic mass is 16.6. The van der Waals surface area contributed by atoms with Crippen molar-refractivity contribution in [3.8, 4) is 0 Å². The zero-order chi connectivity index (χ0) is 14.1. The van der Waals surface area contributed by atoms with E-state index in [4.69, 9.17) is 0 Å². The largest absolute Gasteiger partial charge is 0.336 e. The molecule has 0 atom stereocenters. The summed E-state index contributed by atoms with van der Waals surface area (Å²) in [6.07, 6.45) is 5.00. The Morgan fingerprint density at radius 1 is 1.45 bits per heavy atom. The quantitative estimate of drug-likeness (QED) is 0.655. The first-order valence-electron chi connectivity index (χ1n) is 6.39. The van der Waals surface area contributed by atoms with E-state index in [0.29, 0.717) is 18.2 Å². The van der Waals surface area contributed by atoms with Crippen LogP contribution in [-0.4, -0.2) is 31.6 Å². The number of nitrogens with zero attached hydrogens (tertiary/aromatic N) is 5. The number of hydrogen-bond acceptors (Lipinski definition) is 6. The van der Waals surface area contributed by atoms with Crippen molar-refractivity contribution in [1.29, 1.82) is 0 Å². The van der Waals surface area contributed by atoms with Gasteiger partial charge in [-0.3, -0.25) is 15.2 Å². The van der Waals surface area contributed by atoms with E-state index in [0.717, 1.165) is 30.6 Å². The Hall–Kier alpha value is -2.51. The zero-order valence-corrected chi connectivity index (χ0v) is 11.0. The van der Waals surface area contributed by atoms with Crippen molar-refractivity contribution in [2.45, 2.75) is 26.3 Å². The van der Waals surface area contributed by atoms with Gasteiger partial charge < -0.3 is 4.90 Å². The fraction of sp³-hybridized carbons (Fsp3) is 0.417. The van der Waals surface area contributed by atoms with E-state index in [1.54, 1.807) is 6.92 Å². The van der Waals surface area contributed by atoms with Crippen LogP contribution in [0.15, 0.2) is 12.4 Å². The molecule has 0 saturated carbocycles. The van der Waals surface area contributed by atoms with Crippen LogP contribution in [0.3, 0.4) is 0 Å². The number of rotatable bonds is 2. The third-order valence-electron chi connectivity index (χ3n) is 3.44. The lowest BCUT2D eigenvalue weighted by Gasteiger charge is -2.20. The summed E-state index contributed by atoms with van der Waals surface area (Å²) in [6.45, 7) is 3.12.